The van der Waals surface area contributed by atoms with E-state index in [1.807, 2.05) is 0 Å². The predicted octanol–water partition coefficient (Wildman–Crippen LogP) is 1.44. The number of anilines is 1. The van der Waals surface area contributed by atoms with Crippen LogP contribution in [0, 0.1) is 0 Å². The van der Waals surface area contributed by atoms with Crippen LogP contribution in [0.15, 0.2) is 18.2 Å². The van der Waals surface area contributed by atoms with Gasteiger partial charge in [0.05, 0.1) is 15.9 Å². The van der Waals surface area contributed by atoms with Crippen LogP contribution in [0.25, 0.3) is 0 Å². The van der Waals surface area contributed by atoms with Gasteiger partial charge in [-0.25, -0.2) is 14.6 Å². The molecule has 0 saturated carbocycles. The van der Waals surface area contributed by atoms with E-state index in [-0.39, 0.29) is 16.9 Å². The largest absolute Gasteiger partial charge is 0.475 e. The standard InChI is InChI=1S/C16H15N3O6S2/c17-15-19-8-3-4-18-12(11(8)27-15)26-6-7-1-2-9-10(5-7)25-16(24-9,13(20)21)14(22)23/h1-2,5,12,18H,3-4,6H2,(H2,17,19)(H,20,21)(H,22,23). The van der Waals surface area contributed by atoms with Gasteiger partial charge < -0.3 is 30.7 Å². The average Bonchev–Trinajstić information content (AvgIpc) is 3.20. The highest BCUT2D eigenvalue weighted by molar-refractivity contribution is 7.98. The molecule has 2 aromatic rings. The van der Waals surface area contributed by atoms with E-state index in [0.717, 1.165) is 29.1 Å². The van der Waals surface area contributed by atoms with Gasteiger partial charge in [0, 0.05) is 18.7 Å². The minimum atomic E-state index is -2.74. The summed E-state index contributed by atoms with van der Waals surface area (Å²) >= 11 is 3.11. The van der Waals surface area contributed by atoms with Crippen LogP contribution in [-0.4, -0.2) is 39.5 Å². The summed E-state index contributed by atoms with van der Waals surface area (Å²) in [5.41, 5.74) is 7.68. The van der Waals surface area contributed by atoms with Gasteiger partial charge in [-0.15, -0.1) is 11.8 Å². The second-order valence-electron chi connectivity index (χ2n) is 5.97. The highest BCUT2D eigenvalue weighted by atomic mass is 32.2. The second kappa shape index (κ2) is 6.59. The predicted molar refractivity (Wildman–Crippen MR) is 98.0 cm³/mol. The number of thioether (sulfide) groups is 1. The van der Waals surface area contributed by atoms with Crippen molar-refractivity contribution in [2.24, 2.45) is 0 Å². The van der Waals surface area contributed by atoms with Crippen molar-refractivity contribution in [1.29, 1.82) is 0 Å². The molecule has 5 N–H and O–H groups in total. The molecule has 27 heavy (non-hydrogen) atoms. The summed E-state index contributed by atoms with van der Waals surface area (Å²) in [6.07, 6.45) is 0.844. The fourth-order valence-electron chi connectivity index (χ4n) is 2.90. The van der Waals surface area contributed by atoms with Crippen LogP contribution in [0.1, 0.15) is 21.5 Å². The van der Waals surface area contributed by atoms with E-state index in [2.05, 4.69) is 10.3 Å². The van der Waals surface area contributed by atoms with Crippen LogP contribution in [0.4, 0.5) is 5.13 Å². The highest BCUT2D eigenvalue weighted by Crippen LogP contribution is 2.42. The van der Waals surface area contributed by atoms with E-state index in [0.29, 0.717) is 10.9 Å². The smallest absolute Gasteiger partial charge is 0.453 e. The molecule has 142 valence electrons. The van der Waals surface area contributed by atoms with Crippen LogP contribution in [0.2, 0.25) is 0 Å². The number of aromatic nitrogens is 1. The zero-order valence-electron chi connectivity index (χ0n) is 13.8. The Hall–Kier alpha value is -2.50. The minimum absolute atomic E-state index is 0.0612. The molecule has 11 heteroatoms. The normalized spacial score (nSPS) is 19.5. The number of hydrogen-bond donors (Lipinski definition) is 4. The van der Waals surface area contributed by atoms with Gasteiger partial charge in [0.2, 0.25) is 0 Å². The molecule has 0 saturated heterocycles. The van der Waals surface area contributed by atoms with Gasteiger partial charge in [-0.3, -0.25) is 0 Å². The summed E-state index contributed by atoms with van der Waals surface area (Å²) in [4.78, 5) is 28.1. The molecular formula is C16H15N3O6S2. The third kappa shape index (κ3) is 3.07. The third-order valence-corrected chi connectivity index (χ3v) is 6.55. The molecule has 2 aliphatic heterocycles. The number of fused-ring (bicyclic) bond motifs is 2. The van der Waals surface area contributed by atoms with Crippen LogP contribution in [-0.2, 0) is 21.8 Å². The van der Waals surface area contributed by atoms with E-state index in [4.69, 9.17) is 15.2 Å². The Kier molecular flexibility index (Phi) is 4.36. The van der Waals surface area contributed by atoms with Crippen molar-refractivity contribution in [2.75, 3.05) is 12.3 Å². The SMILES string of the molecule is Nc1nc2c(s1)C(SCc1ccc3c(c1)OC(C(=O)O)(C(=O)O)O3)NCC2. The number of nitrogens with one attached hydrogen (secondary N) is 1. The van der Waals surface area contributed by atoms with E-state index >= 15 is 0 Å². The zero-order valence-corrected chi connectivity index (χ0v) is 15.4. The number of hydrogen-bond acceptors (Lipinski definition) is 9. The number of benzene rings is 1. The molecule has 1 aromatic heterocycles. The van der Waals surface area contributed by atoms with Crippen molar-refractivity contribution in [3.05, 3.63) is 34.3 Å². The maximum atomic E-state index is 11.3. The number of nitrogen functional groups attached to an aromatic ring is 1. The molecule has 0 amide bonds. The van der Waals surface area contributed by atoms with Gasteiger partial charge >= 0.3 is 17.7 Å². The molecule has 9 nitrogen and oxygen atoms in total. The highest BCUT2D eigenvalue weighted by Gasteiger charge is 2.57. The lowest BCUT2D eigenvalue weighted by molar-refractivity contribution is -0.194. The van der Waals surface area contributed by atoms with Crippen LogP contribution < -0.4 is 20.5 Å². The van der Waals surface area contributed by atoms with E-state index < -0.39 is 17.7 Å². The lowest BCUT2D eigenvalue weighted by Gasteiger charge is -2.22. The molecule has 1 aromatic carbocycles. The van der Waals surface area contributed by atoms with E-state index in [9.17, 15) is 19.8 Å². The molecule has 1 atom stereocenters. The van der Waals surface area contributed by atoms with Crippen LogP contribution >= 0.6 is 23.1 Å². The van der Waals surface area contributed by atoms with Crippen molar-refractivity contribution in [3.63, 3.8) is 0 Å². The van der Waals surface area contributed by atoms with Crippen LogP contribution in [0.5, 0.6) is 11.5 Å². The van der Waals surface area contributed by atoms with E-state index in [1.54, 1.807) is 23.9 Å². The number of carboxylic acid groups (broad SMARTS) is 2. The number of carbonyl (C=O) groups is 2. The second-order valence-corrected chi connectivity index (χ2v) is 8.13. The van der Waals surface area contributed by atoms with Gasteiger partial charge in [-0.1, -0.05) is 17.4 Å². The number of nitrogens with zero attached hydrogens (tertiary/aromatic N) is 1. The third-order valence-electron chi connectivity index (χ3n) is 4.17. The van der Waals surface area contributed by atoms with Crippen molar-refractivity contribution >= 4 is 40.2 Å². The lowest BCUT2D eigenvalue weighted by atomic mass is 10.2. The first-order valence-corrected chi connectivity index (χ1v) is 9.83. The number of carboxylic acids is 2. The van der Waals surface area contributed by atoms with Gasteiger partial charge in [0.15, 0.2) is 16.6 Å². The van der Waals surface area contributed by atoms with Crippen molar-refractivity contribution in [1.82, 2.24) is 10.3 Å². The lowest BCUT2D eigenvalue weighted by Crippen LogP contribution is -2.54. The molecule has 0 bridgehead atoms. The average molecular weight is 409 g/mol. The first-order valence-electron chi connectivity index (χ1n) is 7.97. The molecule has 0 fully saturated rings. The molecule has 4 rings (SSSR count). The fraction of sp³-hybridized carbons (Fsp3) is 0.312. The summed E-state index contributed by atoms with van der Waals surface area (Å²) in [6.45, 7) is 0.814. The van der Waals surface area contributed by atoms with Gasteiger partial charge in [0.25, 0.3) is 0 Å². The Balaban J connectivity index is 1.49. The maximum Gasteiger partial charge on any atom is 0.453 e. The van der Waals surface area contributed by atoms with Gasteiger partial charge in [0.1, 0.15) is 0 Å². The van der Waals surface area contributed by atoms with Crippen molar-refractivity contribution in [3.8, 4) is 11.5 Å². The topological polar surface area (TPSA) is 144 Å². The Morgan fingerprint density at radius 2 is 2.07 bits per heavy atom. The van der Waals surface area contributed by atoms with E-state index in [1.165, 1.54) is 17.4 Å². The molecule has 0 radical (unpaired) electrons. The molecule has 3 heterocycles. The maximum absolute atomic E-state index is 11.3. The molecular weight excluding hydrogens is 394 g/mol. The Bertz CT molecular complexity index is 917. The first kappa shape index (κ1) is 17.9. The van der Waals surface area contributed by atoms with Gasteiger partial charge in [-0.2, -0.15) is 0 Å². The van der Waals surface area contributed by atoms with Crippen LogP contribution in [0.3, 0.4) is 0 Å². The summed E-state index contributed by atoms with van der Waals surface area (Å²) in [5.74, 6) is -5.40. The summed E-state index contributed by atoms with van der Waals surface area (Å²) in [5, 5.41) is 22.4. The Labute approximate surface area is 161 Å². The number of ether oxygens (including phenoxy) is 2. The first-order chi connectivity index (χ1) is 12.9. The zero-order chi connectivity index (χ0) is 19.2. The number of aliphatic carboxylic acids is 2. The fourth-order valence-corrected chi connectivity index (χ4v) is 5.15. The molecule has 2 aliphatic rings. The number of rotatable bonds is 5. The monoisotopic (exact) mass is 409 g/mol. The Morgan fingerprint density at radius 1 is 1.33 bits per heavy atom. The summed E-state index contributed by atoms with van der Waals surface area (Å²) in [7, 11) is 0. The van der Waals surface area contributed by atoms with Crippen molar-refractivity contribution < 1.29 is 29.3 Å². The quantitative estimate of drug-likeness (QED) is 0.535. The molecule has 1 unspecified atom stereocenters. The number of thiazole rings is 1. The Morgan fingerprint density at radius 3 is 2.81 bits per heavy atom. The van der Waals surface area contributed by atoms with Crippen molar-refractivity contribution in [2.45, 2.75) is 23.3 Å². The summed E-state index contributed by atoms with van der Waals surface area (Å²) in [6, 6.07) is 4.86. The summed E-state index contributed by atoms with van der Waals surface area (Å²) < 4.78 is 10.2. The van der Waals surface area contributed by atoms with Gasteiger partial charge in [-0.05, 0) is 17.7 Å². The minimum Gasteiger partial charge on any atom is -0.475 e. The number of nitrogens with two attached hydrogens (primary N) is 1. The molecule has 0 aliphatic carbocycles. The molecule has 0 spiro atoms.